The quantitative estimate of drug-likeness (QED) is 0.118. The van der Waals surface area contributed by atoms with Gasteiger partial charge in [0.2, 0.25) is 0 Å². The lowest BCUT2D eigenvalue weighted by atomic mass is 9.99. The van der Waals surface area contributed by atoms with Gasteiger partial charge in [-0.2, -0.15) is 0 Å². The van der Waals surface area contributed by atoms with Gasteiger partial charge in [0.1, 0.15) is 6.29 Å². The zero-order valence-corrected chi connectivity index (χ0v) is 20.4. The maximum Gasteiger partial charge on any atom is 0.148 e. The van der Waals surface area contributed by atoms with E-state index < -0.39 is 0 Å². The molecule has 0 aliphatic heterocycles. The molecule has 1 fully saturated rings. The van der Waals surface area contributed by atoms with E-state index in [4.69, 9.17) is 5.41 Å². The maximum atomic E-state index is 11.6. The van der Waals surface area contributed by atoms with Crippen molar-refractivity contribution in [3.8, 4) is 0 Å². The van der Waals surface area contributed by atoms with Crippen molar-refractivity contribution < 1.29 is 4.79 Å². The Kier molecular flexibility index (Phi) is 12.8. The molecule has 5 heteroatoms. The van der Waals surface area contributed by atoms with Crippen LogP contribution in [0.2, 0.25) is 0 Å². The number of aldehydes is 1. The molecule has 0 amide bonds. The van der Waals surface area contributed by atoms with Gasteiger partial charge in [-0.1, -0.05) is 39.3 Å². The zero-order chi connectivity index (χ0) is 23.9. The molecule has 0 atom stereocenters. The SMILES string of the molecule is C=C(C=N)/C(=C\C(=C/NC1CCCC1)CCCC)C(=C)NC/C(C=O)=C(C)/C=C(/C)NC. The van der Waals surface area contributed by atoms with Gasteiger partial charge >= 0.3 is 0 Å². The molecular formula is C27H42N4O. The van der Waals surface area contributed by atoms with Crippen LogP contribution in [-0.2, 0) is 4.79 Å². The first-order valence-electron chi connectivity index (χ1n) is 11.7. The van der Waals surface area contributed by atoms with Crippen LogP contribution in [0.3, 0.4) is 0 Å². The third kappa shape index (κ3) is 9.54. The summed E-state index contributed by atoms with van der Waals surface area (Å²) in [5.41, 5.74) is 5.75. The molecule has 0 bridgehead atoms. The summed E-state index contributed by atoms with van der Waals surface area (Å²) in [7, 11) is 1.85. The first-order valence-corrected chi connectivity index (χ1v) is 11.7. The molecule has 176 valence electrons. The first-order chi connectivity index (χ1) is 15.4. The van der Waals surface area contributed by atoms with Crippen LogP contribution in [0.25, 0.3) is 0 Å². The van der Waals surface area contributed by atoms with Crippen LogP contribution in [0.15, 0.2) is 70.8 Å². The molecule has 0 spiro atoms. The van der Waals surface area contributed by atoms with E-state index in [9.17, 15) is 4.79 Å². The Hall–Kier alpha value is -2.82. The average Bonchev–Trinajstić information content (AvgIpc) is 3.31. The number of carbonyl (C=O) groups is 1. The second-order valence-electron chi connectivity index (χ2n) is 8.43. The number of rotatable bonds is 15. The molecule has 32 heavy (non-hydrogen) atoms. The van der Waals surface area contributed by atoms with Gasteiger partial charge in [0.25, 0.3) is 0 Å². The lowest BCUT2D eigenvalue weighted by Crippen LogP contribution is -2.21. The van der Waals surface area contributed by atoms with Crippen LogP contribution in [0.1, 0.15) is 65.7 Å². The van der Waals surface area contributed by atoms with Gasteiger partial charge in [-0.05, 0) is 74.6 Å². The third-order valence-corrected chi connectivity index (χ3v) is 5.82. The van der Waals surface area contributed by atoms with E-state index in [1.807, 2.05) is 27.0 Å². The third-order valence-electron chi connectivity index (χ3n) is 5.82. The summed E-state index contributed by atoms with van der Waals surface area (Å²) >= 11 is 0. The molecule has 1 aliphatic carbocycles. The lowest BCUT2D eigenvalue weighted by molar-refractivity contribution is -0.105. The average molecular weight is 439 g/mol. The number of allylic oxidation sites excluding steroid dienone is 6. The highest BCUT2D eigenvalue weighted by Gasteiger charge is 2.13. The minimum atomic E-state index is 0.360. The van der Waals surface area contributed by atoms with Gasteiger partial charge in [0, 0.05) is 48.4 Å². The normalized spacial score (nSPS) is 16.3. The topological polar surface area (TPSA) is 77.0 Å². The fourth-order valence-electron chi connectivity index (χ4n) is 3.58. The smallest absolute Gasteiger partial charge is 0.148 e. The summed E-state index contributed by atoms with van der Waals surface area (Å²) in [6.45, 7) is 14.6. The van der Waals surface area contributed by atoms with Crippen molar-refractivity contribution in [2.45, 2.75) is 71.8 Å². The fourth-order valence-corrected chi connectivity index (χ4v) is 3.58. The summed E-state index contributed by atoms with van der Waals surface area (Å²) in [5, 5.41) is 17.6. The lowest BCUT2D eigenvalue weighted by Gasteiger charge is -2.16. The van der Waals surface area contributed by atoms with Crippen molar-refractivity contribution in [3.05, 3.63) is 70.8 Å². The van der Waals surface area contributed by atoms with Crippen LogP contribution in [-0.4, -0.2) is 32.1 Å². The predicted molar refractivity (Wildman–Crippen MR) is 138 cm³/mol. The number of hydrogen-bond acceptors (Lipinski definition) is 5. The number of carbonyl (C=O) groups excluding carboxylic acids is 1. The second kappa shape index (κ2) is 15.1. The van der Waals surface area contributed by atoms with E-state index in [2.05, 4.69) is 48.3 Å². The molecule has 5 nitrogen and oxygen atoms in total. The zero-order valence-electron chi connectivity index (χ0n) is 20.4. The molecule has 0 aromatic heterocycles. The summed E-state index contributed by atoms with van der Waals surface area (Å²) in [6, 6.07) is 0.549. The van der Waals surface area contributed by atoms with Crippen molar-refractivity contribution in [2.75, 3.05) is 13.6 Å². The van der Waals surface area contributed by atoms with Gasteiger partial charge in [0.05, 0.1) is 0 Å². The Morgan fingerprint density at radius 1 is 1.16 bits per heavy atom. The molecular weight excluding hydrogens is 396 g/mol. The fraction of sp³-hybridized carbons (Fsp3) is 0.481. The second-order valence-corrected chi connectivity index (χ2v) is 8.43. The van der Waals surface area contributed by atoms with Crippen LogP contribution in [0.5, 0.6) is 0 Å². The van der Waals surface area contributed by atoms with Crippen LogP contribution in [0.4, 0.5) is 0 Å². The standard InChI is InChI=1S/C27H42N4O/c1-7-8-11-24(17-31-26-12-9-10-13-26)15-27(21(3)16-28)23(5)30-18-25(19-32)20(2)14-22(4)29-6/h14-17,19,26,28-31H,3,5,7-13,18H2,1-2,4,6H3/b22-14-,24-17-,25-20-,27-15+,28-16?. The van der Waals surface area contributed by atoms with Gasteiger partial charge in [-0.3, -0.25) is 4.79 Å². The van der Waals surface area contributed by atoms with Gasteiger partial charge in [-0.25, -0.2) is 0 Å². The van der Waals surface area contributed by atoms with E-state index in [0.29, 0.717) is 29.4 Å². The van der Waals surface area contributed by atoms with Crippen molar-refractivity contribution >= 4 is 12.5 Å². The molecule has 1 aliphatic rings. The van der Waals surface area contributed by atoms with Crippen molar-refractivity contribution in [1.29, 1.82) is 5.41 Å². The Labute approximate surface area is 195 Å². The number of unbranched alkanes of at least 4 members (excludes halogenated alkanes) is 1. The first kappa shape index (κ1) is 27.2. The van der Waals surface area contributed by atoms with Gasteiger partial charge in [0.15, 0.2) is 0 Å². The van der Waals surface area contributed by atoms with Gasteiger partial charge < -0.3 is 21.4 Å². The Balaban J connectivity index is 3.07. The largest absolute Gasteiger partial charge is 0.392 e. The van der Waals surface area contributed by atoms with E-state index >= 15 is 0 Å². The van der Waals surface area contributed by atoms with Crippen molar-refractivity contribution in [1.82, 2.24) is 16.0 Å². The molecule has 1 rings (SSSR count). The molecule has 0 saturated heterocycles. The molecule has 0 aromatic carbocycles. The Morgan fingerprint density at radius 3 is 2.41 bits per heavy atom. The summed E-state index contributed by atoms with van der Waals surface area (Å²) < 4.78 is 0. The molecule has 4 N–H and O–H groups in total. The minimum absolute atomic E-state index is 0.360. The maximum absolute atomic E-state index is 11.6. The van der Waals surface area contributed by atoms with E-state index in [0.717, 1.165) is 42.4 Å². The molecule has 0 radical (unpaired) electrons. The Morgan fingerprint density at radius 2 is 1.84 bits per heavy atom. The highest BCUT2D eigenvalue weighted by molar-refractivity contribution is 5.84. The number of nitrogens with one attached hydrogen (secondary N) is 4. The molecule has 0 aromatic rings. The predicted octanol–water partition coefficient (Wildman–Crippen LogP) is 5.47. The summed E-state index contributed by atoms with van der Waals surface area (Å²) in [6.07, 6.45) is 16.4. The molecule has 1 saturated carbocycles. The Bertz CT molecular complexity index is 792. The van der Waals surface area contributed by atoms with E-state index in [-0.39, 0.29) is 0 Å². The monoisotopic (exact) mass is 438 g/mol. The van der Waals surface area contributed by atoms with Crippen LogP contribution < -0.4 is 16.0 Å². The van der Waals surface area contributed by atoms with Crippen molar-refractivity contribution in [2.24, 2.45) is 0 Å². The highest BCUT2D eigenvalue weighted by Crippen LogP contribution is 2.21. The van der Waals surface area contributed by atoms with E-state index in [1.54, 1.807) is 0 Å². The number of hydrogen-bond donors (Lipinski definition) is 4. The van der Waals surface area contributed by atoms with E-state index in [1.165, 1.54) is 37.5 Å². The van der Waals surface area contributed by atoms with Crippen molar-refractivity contribution in [3.63, 3.8) is 0 Å². The highest BCUT2D eigenvalue weighted by atomic mass is 16.1. The summed E-state index contributed by atoms with van der Waals surface area (Å²) in [5.74, 6) is 0. The minimum Gasteiger partial charge on any atom is -0.392 e. The molecule has 0 unspecified atom stereocenters. The molecule has 0 heterocycles. The van der Waals surface area contributed by atoms with Gasteiger partial charge in [-0.15, -0.1) is 0 Å². The van der Waals surface area contributed by atoms with Crippen LogP contribution >= 0.6 is 0 Å². The summed E-state index contributed by atoms with van der Waals surface area (Å²) in [4.78, 5) is 11.6. The van der Waals surface area contributed by atoms with Crippen LogP contribution in [0, 0.1) is 5.41 Å².